The Labute approximate surface area is 128 Å². The van der Waals surface area contributed by atoms with Crippen LogP contribution in [0.5, 0.6) is 0 Å². The zero-order chi connectivity index (χ0) is 17.1. The van der Waals surface area contributed by atoms with Crippen molar-refractivity contribution in [3.8, 4) is 0 Å². The van der Waals surface area contributed by atoms with Crippen LogP contribution in [0.1, 0.15) is 26.5 Å². The second-order valence-electron chi connectivity index (χ2n) is 4.87. The molecule has 126 valence electrons. The van der Waals surface area contributed by atoms with Crippen LogP contribution in [0.3, 0.4) is 0 Å². The van der Waals surface area contributed by atoms with E-state index < -0.39 is 47.4 Å². The lowest BCUT2D eigenvalue weighted by atomic mass is 10.2. The van der Waals surface area contributed by atoms with Crippen LogP contribution >= 0.6 is 0 Å². The van der Waals surface area contributed by atoms with E-state index in [4.69, 9.17) is 14.2 Å². The number of hydrogen-bond donors (Lipinski definition) is 2. The Morgan fingerprint density at radius 3 is 2.30 bits per heavy atom. The van der Waals surface area contributed by atoms with Crippen LogP contribution in [0.25, 0.3) is 0 Å². The van der Waals surface area contributed by atoms with Gasteiger partial charge in [0.25, 0.3) is 0 Å². The normalized spacial score (nSPS) is 23.5. The van der Waals surface area contributed by atoms with Gasteiger partial charge in [0.15, 0.2) is 0 Å². The van der Waals surface area contributed by atoms with Gasteiger partial charge in [-0.1, -0.05) is 0 Å². The van der Waals surface area contributed by atoms with E-state index in [-0.39, 0.29) is 13.0 Å². The number of carbonyl (C=O) groups is 2. The molecule has 0 radical (unpaired) electrons. The van der Waals surface area contributed by atoms with E-state index in [1.165, 1.54) is 13.8 Å². The van der Waals surface area contributed by atoms with E-state index in [9.17, 15) is 24.0 Å². The number of H-pyrrole nitrogens is 2. The maximum atomic E-state index is 11.8. The molecule has 11 heteroatoms. The average molecular weight is 329 g/mol. The minimum atomic E-state index is -1.08. The van der Waals surface area contributed by atoms with Crippen LogP contribution in [-0.2, 0) is 23.8 Å². The van der Waals surface area contributed by atoms with Gasteiger partial charge < -0.3 is 14.2 Å². The smallest absolute Gasteiger partial charge is 0.335 e. The molecule has 2 N–H and O–H groups in total. The minimum Gasteiger partial charge on any atom is -0.463 e. The highest BCUT2D eigenvalue weighted by Gasteiger charge is 2.40. The average Bonchev–Trinajstić information content (AvgIpc) is 2.77. The van der Waals surface area contributed by atoms with Gasteiger partial charge in [-0.05, 0) is 0 Å². The standard InChI is InChI=1S/C12H15N3O8/c1-5(16)21-4-8-7(22-6(2)17)3-9(23-8)15-11(19)13-10(18)14-12(15)20/h7-9H,3-4H2,1-2H3,(H2,13,14,18,19,20)/t7-,8+,9+/m0/s1. The van der Waals surface area contributed by atoms with Crippen LogP contribution in [-0.4, -0.2) is 45.3 Å². The van der Waals surface area contributed by atoms with E-state index in [1.54, 1.807) is 0 Å². The van der Waals surface area contributed by atoms with E-state index in [2.05, 4.69) is 0 Å². The summed E-state index contributed by atoms with van der Waals surface area (Å²) in [6.07, 6.45) is -2.74. The molecule has 0 saturated carbocycles. The molecular weight excluding hydrogens is 314 g/mol. The zero-order valence-electron chi connectivity index (χ0n) is 12.4. The highest BCUT2D eigenvalue weighted by atomic mass is 16.6. The molecule has 11 nitrogen and oxygen atoms in total. The van der Waals surface area contributed by atoms with Crippen molar-refractivity contribution >= 4 is 11.9 Å². The lowest BCUT2D eigenvalue weighted by Gasteiger charge is -2.17. The third-order valence-corrected chi connectivity index (χ3v) is 3.12. The molecule has 1 fully saturated rings. The Hall–Kier alpha value is -2.69. The Morgan fingerprint density at radius 1 is 1.17 bits per heavy atom. The molecule has 0 aromatic carbocycles. The molecule has 23 heavy (non-hydrogen) atoms. The Bertz CT molecular complexity index is 741. The molecule has 1 aromatic heterocycles. The van der Waals surface area contributed by atoms with Gasteiger partial charge in [0, 0.05) is 20.3 Å². The maximum Gasteiger partial charge on any atom is 0.335 e. The van der Waals surface area contributed by atoms with Gasteiger partial charge in [-0.3, -0.25) is 19.6 Å². The fourth-order valence-corrected chi connectivity index (χ4v) is 2.24. The molecule has 2 heterocycles. The van der Waals surface area contributed by atoms with Crippen molar-refractivity contribution in [2.45, 2.75) is 38.7 Å². The third kappa shape index (κ3) is 3.94. The van der Waals surface area contributed by atoms with Gasteiger partial charge in [-0.15, -0.1) is 0 Å². The van der Waals surface area contributed by atoms with Crippen molar-refractivity contribution in [3.63, 3.8) is 0 Å². The molecule has 1 saturated heterocycles. The highest BCUT2D eigenvalue weighted by Crippen LogP contribution is 2.29. The quantitative estimate of drug-likeness (QED) is 0.603. The molecule has 0 aliphatic carbocycles. The molecule has 2 rings (SSSR count). The van der Waals surface area contributed by atoms with Gasteiger partial charge in [-0.25, -0.2) is 19.0 Å². The lowest BCUT2D eigenvalue weighted by Crippen LogP contribution is -2.45. The third-order valence-electron chi connectivity index (χ3n) is 3.12. The minimum absolute atomic E-state index is 0.0134. The van der Waals surface area contributed by atoms with Crippen LogP contribution in [0, 0.1) is 0 Å². The number of nitrogens with one attached hydrogen (secondary N) is 2. The largest absolute Gasteiger partial charge is 0.463 e. The predicted molar refractivity (Wildman–Crippen MR) is 72.7 cm³/mol. The SMILES string of the molecule is CC(=O)OC[C@H]1O[C@@H](n2c(=O)[nH]c(=O)[nH]c2=O)C[C@@H]1OC(C)=O. The zero-order valence-corrected chi connectivity index (χ0v) is 12.4. The maximum absolute atomic E-state index is 11.8. The van der Waals surface area contributed by atoms with Crippen molar-refractivity contribution in [1.82, 2.24) is 14.5 Å². The summed E-state index contributed by atoms with van der Waals surface area (Å²) in [5.74, 6) is -1.15. The number of nitrogens with zero attached hydrogens (tertiary/aromatic N) is 1. The fraction of sp³-hybridized carbons (Fsp3) is 0.583. The number of aromatic nitrogens is 3. The fourth-order valence-electron chi connectivity index (χ4n) is 2.24. The summed E-state index contributed by atoms with van der Waals surface area (Å²) in [4.78, 5) is 60.4. The topological polar surface area (TPSA) is 150 Å². The van der Waals surface area contributed by atoms with Crippen molar-refractivity contribution in [3.05, 3.63) is 31.5 Å². The second-order valence-corrected chi connectivity index (χ2v) is 4.87. The lowest BCUT2D eigenvalue weighted by molar-refractivity contribution is -0.155. The molecule has 0 unspecified atom stereocenters. The Balaban J connectivity index is 2.27. The number of rotatable bonds is 4. The first-order valence-electron chi connectivity index (χ1n) is 6.69. The van der Waals surface area contributed by atoms with Crippen molar-refractivity contribution in [2.75, 3.05) is 6.61 Å². The number of ether oxygens (including phenoxy) is 3. The first kappa shape index (κ1) is 16.7. The summed E-state index contributed by atoms with van der Waals surface area (Å²) in [5, 5.41) is 0. The summed E-state index contributed by atoms with van der Waals surface area (Å²) in [6, 6.07) is 0. The molecule has 1 aliphatic heterocycles. The van der Waals surface area contributed by atoms with Crippen LogP contribution in [0.15, 0.2) is 14.4 Å². The number of aromatic amines is 2. The van der Waals surface area contributed by atoms with Crippen molar-refractivity contribution in [1.29, 1.82) is 0 Å². The Kier molecular flexibility index (Phi) is 4.79. The summed E-state index contributed by atoms with van der Waals surface area (Å²) in [6.45, 7) is 2.18. The molecule has 0 spiro atoms. The predicted octanol–water partition coefficient (Wildman–Crippen LogP) is -1.99. The Morgan fingerprint density at radius 2 is 1.78 bits per heavy atom. The van der Waals surface area contributed by atoms with Crippen LogP contribution < -0.4 is 17.1 Å². The number of esters is 2. The molecule has 1 aromatic rings. The van der Waals surface area contributed by atoms with Gasteiger partial charge in [0.05, 0.1) is 0 Å². The number of hydrogen-bond acceptors (Lipinski definition) is 8. The van der Waals surface area contributed by atoms with Gasteiger partial charge in [0.2, 0.25) is 0 Å². The van der Waals surface area contributed by atoms with Crippen LogP contribution in [0.4, 0.5) is 0 Å². The monoisotopic (exact) mass is 329 g/mol. The van der Waals surface area contributed by atoms with Gasteiger partial charge >= 0.3 is 29.0 Å². The summed E-state index contributed by atoms with van der Waals surface area (Å²) in [7, 11) is 0. The molecule has 3 atom stereocenters. The van der Waals surface area contributed by atoms with E-state index in [1.807, 2.05) is 9.97 Å². The molecular formula is C12H15N3O8. The first-order chi connectivity index (χ1) is 10.8. The van der Waals surface area contributed by atoms with Crippen LogP contribution in [0.2, 0.25) is 0 Å². The number of carbonyl (C=O) groups excluding carboxylic acids is 2. The molecule has 0 bridgehead atoms. The van der Waals surface area contributed by atoms with Gasteiger partial charge in [0.1, 0.15) is 25.0 Å². The van der Waals surface area contributed by atoms with E-state index in [0.717, 1.165) is 0 Å². The molecule has 0 amide bonds. The van der Waals surface area contributed by atoms with Crippen molar-refractivity contribution < 1.29 is 23.8 Å². The molecule has 1 aliphatic rings. The van der Waals surface area contributed by atoms with Gasteiger partial charge in [-0.2, -0.15) is 0 Å². The van der Waals surface area contributed by atoms with E-state index >= 15 is 0 Å². The highest BCUT2D eigenvalue weighted by molar-refractivity contribution is 5.66. The second kappa shape index (κ2) is 6.60. The van der Waals surface area contributed by atoms with Crippen molar-refractivity contribution in [2.24, 2.45) is 0 Å². The first-order valence-corrected chi connectivity index (χ1v) is 6.69. The summed E-state index contributed by atoms with van der Waals surface area (Å²) in [5.41, 5.74) is -2.86. The summed E-state index contributed by atoms with van der Waals surface area (Å²) < 4.78 is 16.0. The summed E-state index contributed by atoms with van der Waals surface area (Å²) >= 11 is 0. The van der Waals surface area contributed by atoms with E-state index in [0.29, 0.717) is 4.57 Å².